The third-order valence-electron chi connectivity index (χ3n) is 8.53. The average Bonchev–Trinajstić information content (AvgIpc) is 3.04. The Balaban J connectivity index is 1.19. The number of benzene rings is 2. The minimum atomic E-state index is -4.16. The number of carbonyl (C=O) groups excluding carboxylic acids is 2. The number of halogens is 2. The Morgan fingerprint density at radius 3 is 2.30 bits per heavy atom. The van der Waals surface area contributed by atoms with Gasteiger partial charge in [-0.1, -0.05) is 53.5 Å². The summed E-state index contributed by atoms with van der Waals surface area (Å²) in [6.45, 7) is 0. The van der Waals surface area contributed by atoms with Gasteiger partial charge in [0.25, 0.3) is 5.91 Å². The summed E-state index contributed by atoms with van der Waals surface area (Å²) in [6, 6.07) is 14.9. The lowest BCUT2D eigenvalue weighted by atomic mass is 9.76. The summed E-state index contributed by atoms with van der Waals surface area (Å²) in [6.07, 6.45) is 4.05. The molecule has 2 aromatic carbocycles. The number of carboxylic acids is 1. The molecular weight excluding hydrogens is 653 g/mol. The first-order valence-electron chi connectivity index (χ1n) is 14.6. The van der Waals surface area contributed by atoms with Crippen molar-refractivity contribution in [3.8, 4) is 0 Å². The number of hydrogen-bond acceptors (Lipinski definition) is 7. The standard InChI is InChI=1S/C32H29Cl2N5O6S/c33-26-16-21(17-27(34)38-26)30(40)36-22-10-6-18(7-11-22)15-24(32(42)43)37-31(41)29-20-8-12-23(13-9-20)39(29)46(44,45)25-5-1-3-19-4-2-14-35-28(19)25/h1-7,10-11,14,16-17,20,23-24,29H,8-9,12-13,15H2,(H,36,40)(H,37,41)(H,42,43)/t20?,23?,24-,29-/m0/s1. The second-order valence-corrected chi connectivity index (χ2v) is 14.0. The molecule has 3 aliphatic rings. The molecule has 14 heteroatoms. The summed E-state index contributed by atoms with van der Waals surface area (Å²) >= 11 is 11.8. The average molecular weight is 683 g/mol. The normalized spacial score (nSPS) is 20.3. The zero-order chi connectivity index (χ0) is 32.6. The Bertz CT molecular complexity index is 1910. The number of sulfonamides is 1. The first-order chi connectivity index (χ1) is 22.0. The molecular formula is C32H29Cl2N5O6S. The summed E-state index contributed by atoms with van der Waals surface area (Å²) < 4.78 is 29.7. The van der Waals surface area contributed by atoms with Gasteiger partial charge in [-0.2, -0.15) is 4.31 Å². The topological polar surface area (TPSA) is 159 Å². The van der Waals surface area contributed by atoms with Gasteiger partial charge in [-0.25, -0.2) is 18.2 Å². The van der Waals surface area contributed by atoms with Gasteiger partial charge in [-0.15, -0.1) is 0 Å². The van der Waals surface area contributed by atoms with Crippen LogP contribution in [0.1, 0.15) is 41.6 Å². The number of piperidine rings is 2. The molecule has 238 valence electrons. The number of aliphatic carboxylic acids is 1. The summed E-state index contributed by atoms with van der Waals surface area (Å²) in [7, 11) is -4.16. The number of nitrogens with zero attached hydrogens (tertiary/aromatic N) is 3. The Hall–Kier alpha value is -4.10. The lowest BCUT2D eigenvalue weighted by Crippen LogP contribution is -2.63. The van der Waals surface area contributed by atoms with Gasteiger partial charge in [0.05, 0.1) is 5.52 Å². The van der Waals surface area contributed by atoms with Crippen LogP contribution in [0.4, 0.5) is 5.69 Å². The fourth-order valence-electron chi connectivity index (χ4n) is 6.40. The second kappa shape index (κ2) is 13.0. The molecule has 2 bridgehead atoms. The zero-order valence-electron chi connectivity index (χ0n) is 24.3. The molecule has 0 radical (unpaired) electrons. The maximum atomic E-state index is 14.2. The van der Waals surface area contributed by atoms with Crippen LogP contribution in [0.15, 0.2) is 77.8 Å². The van der Waals surface area contributed by atoms with Crippen LogP contribution in [0.3, 0.4) is 0 Å². The van der Waals surface area contributed by atoms with E-state index in [-0.39, 0.29) is 39.1 Å². The third-order valence-corrected chi connectivity index (χ3v) is 10.9. The zero-order valence-corrected chi connectivity index (χ0v) is 26.6. The van der Waals surface area contributed by atoms with Crippen LogP contribution in [0.2, 0.25) is 10.3 Å². The fraction of sp³-hybridized carbons (Fsp3) is 0.281. The van der Waals surface area contributed by atoms with E-state index in [0.29, 0.717) is 47.8 Å². The van der Waals surface area contributed by atoms with Crippen molar-refractivity contribution in [1.82, 2.24) is 19.6 Å². The van der Waals surface area contributed by atoms with Crippen molar-refractivity contribution in [1.29, 1.82) is 0 Å². The van der Waals surface area contributed by atoms with E-state index in [1.807, 2.05) is 0 Å². The molecule has 7 rings (SSSR count). The van der Waals surface area contributed by atoms with E-state index in [1.54, 1.807) is 48.5 Å². The van der Waals surface area contributed by atoms with Crippen LogP contribution in [0.25, 0.3) is 10.9 Å². The van der Waals surface area contributed by atoms with Crippen molar-refractivity contribution in [2.75, 3.05) is 5.32 Å². The molecule has 11 nitrogen and oxygen atoms in total. The number of fused-ring (bicyclic) bond motifs is 4. The Morgan fingerprint density at radius 1 is 0.957 bits per heavy atom. The van der Waals surface area contributed by atoms with Crippen LogP contribution in [0.5, 0.6) is 0 Å². The van der Waals surface area contributed by atoms with E-state index in [9.17, 15) is 27.9 Å². The molecule has 1 saturated carbocycles. The number of rotatable bonds is 9. The highest BCUT2D eigenvalue weighted by Crippen LogP contribution is 2.43. The van der Waals surface area contributed by atoms with E-state index >= 15 is 0 Å². The molecule has 2 saturated heterocycles. The summed E-state index contributed by atoms with van der Waals surface area (Å²) in [5, 5.41) is 16.2. The highest BCUT2D eigenvalue weighted by Gasteiger charge is 2.51. The Morgan fingerprint density at radius 2 is 1.63 bits per heavy atom. The Kier molecular flexibility index (Phi) is 8.97. The van der Waals surface area contributed by atoms with Gasteiger partial charge < -0.3 is 15.7 Å². The lowest BCUT2D eigenvalue weighted by molar-refractivity contribution is -0.143. The SMILES string of the molecule is O=C(Nc1ccc(C[C@H](NC(=O)[C@@H]2C3CCC(CC3)N2S(=O)(=O)c2cccc3cccnc23)C(=O)O)cc1)c1cc(Cl)nc(Cl)c1. The number of pyridine rings is 2. The summed E-state index contributed by atoms with van der Waals surface area (Å²) in [4.78, 5) is 46.9. The van der Waals surface area contributed by atoms with Gasteiger partial charge in [0.2, 0.25) is 15.9 Å². The van der Waals surface area contributed by atoms with Crippen molar-refractivity contribution in [2.45, 2.75) is 55.1 Å². The number of amides is 2. The van der Waals surface area contributed by atoms with Crippen LogP contribution >= 0.6 is 23.2 Å². The van der Waals surface area contributed by atoms with Gasteiger partial charge in [0, 0.05) is 35.3 Å². The fourth-order valence-corrected chi connectivity index (χ4v) is 8.92. The molecule has 46 heavy (non-hydrogen) atoms. The summed E-state index contributed by atoms with van der Waals surface area (Å²) in [5.74, 6) is -2.61. The van der Waals surface area contributed by atoms with Crippen molar-refractivity contribution in [3.05, 3.63) is 94.4 Å². The molecule has 2 aliphatic heterocycles. The molecule has 0 spiro atoms. The van der Waals surface area contributed by atoms with Gasteiger partial charge in [-0.05, 0) is 73.6 Å². The predicted octanol–water partition coefficient (Wildman–Crippen LogP) is 4.93. The molecule has 4 aromatic rings. The summed E-state index contributed by atoms with van der Waals surface area (Å²) in [5.41, 5.74) is 1.56. The van der Waals surface area contributed by atoms with E-state index in [0.717, 1.165) is 0 Å². The number of para-hydroxylation sites is 1. The number of anilines is 1. The van der Waals surface area contributed by atoms with Crippen LogP contribution in [-0.4, -0.2) is 63.7 Å². The van der Waals surface area contributed by atoms with Crippen LogP contribution in [0, 0.1) is 5.92 Å². The quantitative estimate of drug-likeness (QED) is 0.210. The number of carbonyl (C=O) groups is 3. The highest BCUT2D eigenvalue weighted by atomic mass is 35.5. The number of nitrogens with one attached hydrogen (secondary N) is 2. The number of hydrogen-bond donors (Lipinski definition) is 3. The Labute approximate surface area is 275 Å². The number of aromatic nitrogens is 2. The molecule has 4 heterocycles. The van der Waals surface area contributed by atoms with Crippen LogP contribution < -0.4 is 10.6 Å². The molecule has 1 aliphatic carbocycles. The molecule has 3 N–H and O–H groups in total. The minimum absolute atomic E-state index is 0.0213. The largest absolute Gasteiger partial charge is 0.480 e. The maximum absolute atomic E-state index is 14.2. The first kappa shape index (κ1) is 31.9. The van der Waals surface area contributed by atoms with Crippen LogP contribution in [-0.2, 0) is 26.0 Å². The highest BCUT2D eigenvalue weighted by molar-refractivity contribution is 7.89. The van der Waals surface area contributed by atoms with Crippen molar-refractivity contribution in [3.63, 3.8) is 0 Å². The molecule has 3 fully saturated rings. The number of carboxylic acid groups (broad SMARTS) is 1. The van der Waals surface area contributed by atoms with Gasteiger partial charge in [-0.3, -0.25) is 14.6 Å². The van der Waals surface area contributed by atoms with Gasteiger partial charge in [0.1, 0.15) is 27.3 Å². The molecule has 0 unspecified atom stereocenters. The predicted molar refractivity (Wildman–Crippen MR) is 172 cm³/mol. The van der Waals surface area contributed by atoms with E-state index in [1.165, 1.54) is 28.7 Å². The monoisotopic (exact) mass is 681 g/mol. The van der Waals surface area contributed by atoms with E-state index in [4.69, 9.17) is 23.2 Å². The molecule has 2 atom stereocenters. The van der Waals surface area contributed by atoms with Crippen molar-refractivity contribution < 1.29 is 27.9 Å². The molecule has 2 amide bonds. The maximum Gasteiger partial charge on any atom is 0.326 e. The van der Waals surface area contributed by atoms with Crippen molar-refractivity contribution >= 4 is 67.6 Å². The van der Waals surface area contributed by atoms with E-state index in [2.05, 4.69) is 20.6 Å². The van der Waals surface area contributed by atoms with Gasteiger partial charge in [0.15, 0.2) is 0 Å². The second-order valence-electron chi connectivity index (χ2n) is 11.4. The third kappa shape index (κ3) is 6.43. The lowest BCUT2D eigenvalue weighted by Gasteiger charge is -2.49. The van der Waals surface area contributed by atoms with E-state index < -0.39 is 39.9 Å². The smallest absolute Gasteiger partial charge is 0.326 e. The van der Waals surface area contributed by atoms with Gasteiger partial charge >= 0.3 is 5.97 Å². The molecule has 2 aromatic heterocycles. The first-order valence-corrected chi connectivity index (χ1v) is 16.8. The van der Waals surface area contributed by atoms with Crippen molar-refractivity contribution in [2.24, 2.45) is 5.92 Å². The minimum Gasteiger partial charge on any atom is -0.480 e.